The zero-order valence-corrected chi connectivity index (χ0v) is 8.60. The van der Waals surface area contributed by atoms with Crippen molar-refractivity contribution in [2.45, 2.75) is 0 Å². The summed E-state index contributed by atoms with van der Waals surface area (Å²) < 4.78 is 14.4. The van der Waals surface area contributed by atoms with Crippen molar-refractivity contribution in [1.29, 1.82) is 0 Å². The summed E-state index contributed by atoms with van der Waals surface area (Å²) in [4.78, 5) is 0. The molecule has 0 aliphatic heterocycles. The summed E-state index contributed by atoms with van der Waals surface area (Å²) in [5.74, 6) is -0.0703. The van der Waals surface area contributed by atoms with Crippen LogP contribution in [0.5, 0.6) is 5.75 Å². The molecule has 3 heteroatoms. The Bertz CT molecular complexity index is 455. The molecular formula is C13H11FNO+. The molecule has 0 aliphatic rings. The largest absolute Gasteiger partial charge is 0.508 e. The van der Waals surface area contributed by atoms with Crippen molar-refractivity contribution < 1.29 is 9.50 Å². The summed E-state index contributed by atoms with van der Waals surface area (Å²) in [6.07, 6.45) is 0. The zero-order chi connectivity index (χ0) is 11.5. The minimum Gasteiger partial charge on any atom is -0.508 e. The summed E-state index contributed by atoms with van der Waals surface area (Å²) in [5, 5.41) is 9.16. The van der Waals surface area contributed by atoms with Gasteiger partial charge in [0.2, 0.25) is 11.4 Å². The van der Waals surface area contributed by atoms with E-state index in [1.54, 1.807) is 41.0 Å². The molecule has 0 fully saturated rings. The van der Waals surface area contributed by atoms with E-state index in [-0.39, 0.29) is 11.6 Å². The van der Waals surface area contributed by atoms with Gasteiger partial charge in [-0.3, -0.25) is 0 Å². The van der Waals surface area contributed by atoms with Crippen molar-refractivity contribution in [3.63, 3.8) is 0 Å². The lowest BCUT2D eigenvalue weighted by Crippen LogP contribution is -1.99. The molecule has 0 unspecified atom stereocenters. The summed E-state index contributed by atoms with van der Waals surface area (Å²) >= 11 is 0. The van der Waals surface area contributed by atoms with E-state index in [1.807, 2.05) is 0 Å². The number of nitrogens with zero attached hydrogens (tertiary/aromatic N) is 1. The van der Waals surface area contributed by atoms with Gasteiger partial charge in [0.15, 0.2) is 0 Å². The predicted octanol–water partition coefficient (Wildman–Crippen LogP) is 3.07. The smallest absolute Gasteiger partial charge is 0.210 e. The van der Waals surface area contributed by atoms with Gasteiger partial charge in [-0.05, 0) is 24.3 Å². The first-order valence-electron chi connectivity index (χ1n) is 4.82. The molecule has 80 valence electrons. The van der Waals surface area contributed by atoms with E-state index in [2.05, 4.69) is 6.72 Å². The Balaban J connectivity index is 2.32. The molecule has 0 atom stereocenters. The van der Waals surface area contributed by atoms with E-state index in [4.69, 9.17) is 5.11 Å². The van der Waals surface area contributed by atoms with Crippen LogP contribution in [0.2, 0.25) is 0 Å². The third-order valence-electron chi connectivity index (χ3n) is 2.30. The Morgan fingerprint density at radius 2 is 1.31 bits per heavy atom. The van der Waals surface area contributed by atoms with E-state index in [9.17, 15) is 4.39 Å². The molecular weight excluding hydrogens is 205 g/mol. The lowest BCUT2D eigenvalue weighted by Gasteiger charge is -2.00. The Kier molecular flexibility index (Phi) is 2.68. The van der Waals surface area contributed by atoms with Crippen LogP contribution in [0.15, 0.2) is 48.5 Å². The maximum atomic E-state index is 12.7. The standard InChI is InChI=1S/C13H10FNO/c1-15(11-4-2-10(14)3-5-11)12-6-8-13(16)9-7-12/h2-9H,1H2/p+1. The normalized spacial score (nSPS) is 10.1. The van der Waals surface area contributed by atoms with Gasteiger partial charge < -0.3 is 5.11 Å². The van der Waals surface area contributed by atoms with Gasteiger partial charge in [-0.1, -0.05) is 0 Å². The molecule has 2 nitrogen and oxygen atoms in total. The van der Waals surface area contributed by atoms with Crippen LogP contribution in [-0.4, -0.2) is 11.8 Å². The minimum absolute atomic E-state index is 0.205. The number of halogens is 1. The highest BCUT2D eigenvalue weighted by Crippen LogP contribution is 2.21. The first kappa shape index (κ1) is 10.4. The van der Waals surface area contributed by atoms with Crippen LogP contribution in [0.4, 0.5) is 15.8 Å². The molecule has 0 saturated heterocycles. The Hall–Kier alpha value is -2.16. The van der Waals surface area contributed by atoms with E-state index >= 15 is 0 Å². The molecule has 2 aromatic rings. The predicted molar refractivity (Wildman–Crippen MR) is 63.1 cm³/mol. The second kappa shape index (κ2) is 4.14. The molecule has 1 N–H and O–H groups in total. The van der Waals surface area contributed by atoms with Crippen molar-refractivity contribution in [3.05, 3.63) is 54.3 Å². The van der Waals surface area contributed by atoms with Crippen molar-refractivity contribution in [2.75, 3.05) is 0 Å². The van der Waals surface area contributed by atoms with Crippen LogP contribution in [0.3, 0.4) is 0 Å². The number of phenolic OH excluding ortho intramolecular Hbond substituents is 1. The summed E-state index contributed by atoms with van der Waals surface area (Å²) in [6.45, 7) is 3.87. The van der Waals surface area contributed by atoms with E-state index < -0.39 is 0 Å². The fourth-order valence-corrected chi connectivity index (χ4v) is 1.40. The van der Waals surface area contributed by atoms with Crippen LogP contribution < -0.4 is 4.58 Å². The van der Waals surface area contributed by atoms with Gasteiger partial charge in [0.05, 0.1) is 0 Å². The third-order valence-corrected chi connectivity index (χ3v) is 2.30. The van der Waals surface area contributed by atoms with Crippen molar-refractivity contribution in [2.24, 2.45) is 0 Å². The number of hydrogen-bond donors (Lipinski definition) is 1. The second-order valence-corrected chi connectivity index (χ2v) is 3.42. The number of aromatic hydroxyl groups is 1. The molecule has 0 bridgehead atoms. The van der Waals surface area contributed by atoms with Crippen LogP contribution in [-0.2, 0) is 0 Å². The summed E-state index contributed by atoms with van der Waals surface area (Å²) in [6, 6.07) is 12.7. The van der Waals surface area contributed by atoms with Crippen LogP contribution in [0, 0.1) is 5.82 Å². The highest BCUT2D eigenvalue weighted by Gasteiger charge is 2.09. The molecule has 2 rings (SSSR count). The maximum Gasteiger partial charge on any atom is 0.210 e. The van der Waals surface area contributed by atoms with Crippen LogP contribution in [0.25, 0.3) is 0 Å². The quantitative estimate of drug-likeness (QED) is 0.605. The Morgan fingerprint density at radius 3 is 1.81 bits per heavy atom. The maximum absolute atomic E-state index is 12.7. The zero-order valence-electron chi connectivity index (χ0n) is 8.60. The number of phenols is 1. The number of hydrogen-bond acceptors (Lipinski definition) is 1. The highest BCUT2D eigenvalue weighted by atomic mass is 19.1. The molecule has 0 aliphatic carbocycles. The topological polar surface area (TPSA) is 23.2 Å². The summed E-state index contributed by atoms with van der Waals surface area (Å²) in [5.41, 5.74) is 1.61. The fourth-order valence-electron chi connectivity index (χ4n) is 1.40. The van der Waals surface area contributed by atoms with E-state index in [1.165, 1.54) is 12.1 Å². The molecule has 0 amide bonds. The third kappa shape index (κ3) is 2.08. The van der Waals surface area contributed by atoms with Gasteiger partial charge in [-0.15, -0.1) is 0 Å². The first-order valence-corrected chi connectivity index (χ1v) is 4.82. The molecule has 0 saturated carbocycles. The van der Waals surface area contributed by atoms with E-state index in [0.29, 0.717) is 0 Å². The number of rotatable bonds is 2. The molecule has 2 aromatic carbocycles. The van der Waals surface area contributed by atoms with Gasteiger partial charge in [-0.2, -0.15) is 4.58 Å². The monoisotopic (exact) mass is 216 g/mol. The van der Waals surface area contributed by atoms with Crippen LogP contribution in [0.1, 0.15) is 0 Å². The average Bonchev–Trinajstić information content (AvgIpc) is 2.30. The van der Waals surface area contributed by atoms with Crippen molar-refractivity contribution in [3.8, 4) is 5.75 Å². The van der Waals surface area contributed by atoms with Gasteiger partial charge in [0, 0.05) is 24.3 Å². The van der Waals surface area contributed by atoms with Gasteiger partial charge >= 0.3 is 0 Å². The minimum atomic E-state index is -0.275. The number of benzene rings is 2. The fraction of sp³-hybridized carbons (Fsp3) is 0. The molecule has 0 radical (unpaired) electrons. The first-order chi connectivity index (χ1) is 7.66. The Labute approximate surface area is 92.9 Å². The lowest BCUT2D eigenvalue weighted by molar-refractivity contribution is 0.475. The molecule has 16 heavy (non-hydrogen) atoms. The van der Waals surface area contributed by atoms with Gasteiger partial charge in [0.25, 0.3) is 0 Å². The molecule has 0 aromatic heterocycles. The molecule has 0 heterocycles. The van der Waals surface area contributed by atoms with Gasteiger partial charge in [0.1, 0.15) is 18.3 Å². The average molecular weight is 216 g/mol. The van der Waals surface area contributed by atoms with Crippen LogP contribution >= 0.6 is 0 Å². The lowest BCUT2D eigenvalue weighted by atomic mass is 10.2. The highest BCUT2D eigenvalue weighted by molar-refractivity contribution is 5.59. The van der Waals surface area contributed by atoms with Crippen molar-refractivity contribution in [1.82, 2.24) is 4.58 Å². The SMILES string of the molecule is C=[N+](c1ccc(O)cc1)c1ccc(F)cc1. The summed E-state index contributed by atoms with van der Waals surface area (Å²) in [7, 11) is 0. The Morgan fingerprint density at radius 1 is 0.875 bits per heavy atom. The van der Waals surface area contributed by atoms with Crippen molar-refractivity contribution >= 4 is 18.1 Å². The van der Waals surface area contributed by atoms with E-state index in [0.717, 1.165) is 11.4 Å². The molecule has 0 spiro atoms. The second-order valence-electron chi connectivity index (χ2n) is 3.42. The van der Waals surface area contributed by atoms with Gasteiger partial charge in [-0.25, -0.2) is 4.39 Å².